The smallest absolute Gasteiger partial charge is 0.293 e. The molecule has 2 heterocycles. The zero-order valence-corrected chi connectivity index (χ0v) is 16.6. The van der Waals surface area contributed by atoms with Crippen molar-refractivity contribution in [2.45, 2.75) is 26.9 Å². The fraction of sp³-hybridized carbons (Fsp3) is 0.182. The lowest BCUT2D eigenvalue weighted by Gasteiger charge is -2.07. The summed E-state index contributed by atoms with van der Waals surface area (Å²) in [6, 6.07) is 13.9. The number of aryl methyl sites for hydroxylation is 2. The molecule has 2 aromatic heterocycles. The molecule has 0 spiro atoms. The van der Waals surface area contributed by atoms with E-state index in [9.17, 15) is 14.0 Å². The fourth-order valence-corrected chi connectivity index (χ4v) is 3.22. The first-order valence-electron chi connectivity index (χ1n) is 9.45. The van der Waals surface area contributed by atoms with Crippen LogP contribution in [0.25, 0.3) is 16.8 Å². The third-order valence-electron chi connectivity index (χ3n) is 4.89. The molecule has 30 heavy (non-hydrogen) atoms. The molecule has 8 heteroatoms. The normalized spacial score (nSPS) is 11.0. The zero-order valence-electron chi connectivity index (χ0n) is 16.6. The van der Waals surface area contributed by atoms with Gasteiger partial charge in [-0.15, -0.1) is 0 Å². The number of fused-ring (bicyclic) bond motifs is 1. The van der Waals surface area contributed by atoms with E-state index in [1.54, 1.807) is 24.3 Å². The number of hydrogen-bond acceptors (Lipinski definition) is 4. The summed E-state index contributed by atoms with van der Waals surface area (Å²) in [6.45, 7) is 3.74. The number of nitrogens with zero attached hydrogens (tertiary/aromatic N) is 4. The highest BCUT2D eigenvalue weighted by atomic mass is 19.1. The van der Waals surface area contributed by atoms with Crippen LogP contribution in [0.5, 0.6) is 0 Å². The van der Waals surface area contributed by atoms with Gasteiger partial charge in [0.2, 0.25) is 5.91 Å². The maximum Gasteiger partial charge on any atom is 0.293 e. The maximum absolute atomic E-state index is 13.7. The molecular weight excluding hydrogens is 385 g/mol. The highest BCUT2D eigenvalue weighted by Gasteiger charge is 2.14. The lowest BCUT2D eigenvalue weighted by atomic mass is 10.0. The monoisotopic (exact) mass is 405 g/mol. The largest absolute Gasteiger partial charge is 0.350 e. The van der Waals surface area contributed by atoms with Crippen molar-refractivity contribution in [1.82, 2.24) is 24.7 Å². The Labute approximate surface area is 171 Å². The number of nitrogens with one attached hydrogen (secondary N) is 1. The molecule has 0 bridgehead atoms. The van der Waals surface area contributed by atoms with Crippen molar-refractivity contribution in [3.63, 3.8) is 0 Å². The number of amides is 1. The highest BCUT2D eigenvalue weighted by Crippen LogP contribution is 2.23. The Bertz CT molecular complexity index is 1310. The molecule has 1 N–H and O–H groups in total. The van der Waals surface area contributed by atoms with Crippen molar-refractivity contribution in [1.29, 1.82) is 0 Å². The van der Waals surface area contributed by atoms with Crippen molar-refractivity contribution in [2.24, 2.45) is 0 Å². The van der Waals surface area contributed by atoms with E-state index < -0.39 is 17.3 Å². The van der Waals surface area contributed by atoms with Crippen LogP contribution >= 0.6 is 0 Å². The van der Waals surface area contributed by atoms with Gasteiger partial charge < -0.3 is 5.32 Å². The summed E-state index contributed by atoms with van der Waals surface area (Å²) < 4.78 is 16.2. The van der Waals surface area contributed by atoms with Gasteiger partial charge >= 0.3 is 0 Å². The van der Waals surface area contributed by atoms with Gasteiger partial charge in [0, 0.05) is 17.7 Å². The van der Waals surface area contributed by atoms with Crippen LogP contribution in [0.2, 0.25) is 0 Å². The molecule has 0 radical (unpaired) electrons. The number of aromatic nitrogens is 4. The molecule has 1 amide bonds. The number of carbonyl (C=O) groups excluding carboxylic acids is 1. The molecule has 0 aliphatic carbocycles. The fourth-order valence-electron chi connectivity index (χ4n) is 3.22. The molecule has 7 nitrogen and oxygen atoms in total. The number of halogens is 1. The zero-order chi connectivity index (χ0) is 21.3. The first kappa shape index (κ1) is 19.5. The summed E-state index contributed by atoms with van der Waals surface area (Å²) in [7, 11) is 0. The maximum atomic E-state index is 13.7. The molecule has 2 aromatic carbocycles. The minimum atomic E-state index is -0.438. The summed E-state index contributed by atoms with van der Waals surface area (Å²) in [5.41, 5.74) is 4.00. The van der Waals surface area contributed by atoms with Crippen LogP contribution in [0.3, 0.4) is 0 Å². The van der Waals surface area contributed by atoms with Gasteiger partial charge in [-0.3, -0.25) is 9.59 Å². The van der Waals surface area contributed by atoms with Gasteiger partial charge in [0.1, 0.15) is 24.2 Å². The number of hydrogen-bond donors (Lipinski definition) is 1. The van der Waals surface area contributed by atoms with Crippen LogP contribution in [0, 0.1) is 19.7 Å². The van der Waals surface area contributed by atoms with E-state index in [0.717, 1.165) is 21.4 Å². The van der Waals surface area contributed by atoms with Crippen LogP contribution < -0.4 is 10.9 Å². The molecule has 0 unspecified atom stereocenters. The minimum absolute atomic E-state index is 0.0337. The minimum Gasteiger partial charge on any atom is -0.350 e. The van der Waals surface area contributed by atoms with Crippen molar-refractivity contribution < 1.29 is 9.18 Å². The van der Waals surface area contributed by atoms with Gasteiger partial charge in [-0.25, -0.2) is 13.6 Å². The second kappa shape index (κ2) is 7.90. The van der Waals surface area contributed by atoms with E-state index in [-0.39, 0.29) is 13.1 Å². The Kier molecular flexibility index (Phi) is 5.14. The predicted octanol–water partition coefficient (Wildman–Crippen LogP) is 2.63. The molecule has 0 aliphatic rings. The van der Waals surface area contributed by atoms with Gasteiger partial charge in [-0.05, 0) is 37.6 Å². The molecular formula is C22H20FN5O2. The topological polar surface area (TPSA) is 81.3 Å². The quantitative estimate of drug-likeness (QED) is 0.554. The van der Waals surface area contributed by atoms with Gasteiger partial charge in [0.25, 0.3) is 5.56 Å². The SMILES string of the molecule is Cc1ccc(C)c(-c2cc3c(=O)n(CC(=O)NCc4ccccc4F)ncn3n2)c1. The van der Waals surface area contributed by atoms with Gasteiger partial charge in [0.05, 0.1) is 5.69 Å². The van der Waals surface area contributed by atoms with E-state index in [1.807, 2.05) is 32.0 Å². The third-order valence-corrected chi connectivity index (χ3v) is 4.89. The van der Waals surface area contributed by atoms with E-state index in [1.165, 1.54) is 16.9 Å². The summed E-state index contributed by atoms with van der Waals surface area (Å²) in [5.74, 6) is -0.834. The molecule has 4 rings (SSSR count). The Hall–Kier alpha value is -3.81. The molecule has 0 saturated heterocycles. The first-order valence-corrected chi connectivity index (χ1v) is 9.45. The predicted molar refractivity (Wildman–Crippen MR) is 110 cm³/mol. The standard InChI is InChI=1S/C22H20FN5O2/c1-14-7-8-15(2)17(9-14)19-10-20-22(30)27(25-13-28(20)26-19)12-21(29)24-11-16-5-3-4-6-18(16)23/h3-10,13H,11-12H2,1-2H3,(H,24,29). The summed E-state index contributed by atoms with van der Waals surface area (Å²) in [5, 5.41) is 11.1. The Morgan fingerprint density at radius 1 is 1.13 bits per heavy atom. The Balaban J connectivity index is 1.56. The Morgan fingerprint density at radius 3 is 2.73 bits per heavy atom. The van der Waals surface area contributed by atoms with Crippen molar-refractivity contribution >= 4 is 11.4 Å². The molecule has 152 valence electrons. The molecule has 0 aliphatic heterocycles. The molecule has 0 atom stereocenters. The van der Waals surface area contributed by atoms with Crippen molar-refractivity contribution in [3.05, 3.63) is 87.7 Å². The van der Waals surface area contributed by atoms with Gasteiger partial charge in [-0.2, -0.15) is 10.2 Å². The summed E-state index contributed by atoms with van der Waals surface area (Å²) >= 11 is 0. The van der Waals surface area contributed by atoms with E-state index in [4.69, 9.17) is 0 Å². The van der Waals surface area contributed by atoms with E-state index in [0.29, 0.717) is 16.8 Å². The molecule has 0 fully saturated rings. The second-order valence-corrected chi connectivity index (χ2v) is 7.14. The number of carbonyl (C=O) groups is 1. The molecule has 0 saturated carbocycles. The average Bonchev–Trinajstić information content (AvgIpc) is 3.16. The third kappa shape index (κ3) is 3.84. The lowest BCUT2D eigenvalue weighted by molar-refractivity contribution is -0.122. The van der Waals surface area contributed by atoms with Crippen LogP contribution in [0.1, 0.15) is 16.7 Å². The van der Waals surface area contributed by atoms with Crippen LogP contribution in [-0.4, -0.2) is 25.3 Å². The lowest BCUT2D eigenvalue weighted by Crippen LogP contribution is -2.34. The van der Waals surface area contributed by atoms with Crippen LogP contribution in [0.15, 0.2) is 59.7 Å². The molecule has 4 aromatic rings. The van der Waals surface area contributed by atoms with Crippen LogP contribution in [0.4, 0.5) is 4.39 Å². The average molecular weight is 405 g/mol. The van der Waals surface area contributed by atoms with Gasteiger partial charge in [-0.1, -0.05) is 35.9 Å². The number of benzene rings is 2. The van der Waals surface area contributed by atoms with E-state index in [2.05, 4.69) is 15.5 Å². The number of rotatable bonds is 5. The van der Waals surface area contributed by atoms with Crippen LogP contribution in [-0.2, 0) is 17.9 Å². The van der Waals surface area contributed by atoms with Crippen molar-refractivity contribution in [3.8, 4) is 11.3 Å². The van der Waals surface area contributed by atoms with Crippen molar-refractivity contribution in [2.75, 3.05) is 0 Å². The van der Waals surface area contributed by atoms with Gasteiger partial charge in [0.15, 0.2) is 0 Å². The highest BCUT2D eigenvalue weighted by molar-refractivity contribution is 5.75. The van der Waals surface area contributed by atoms with E-state index >= 15 is 0 Å². The first-order chi connectivity index (χ1) is 14.4. The summed E-state index contributed by atoms with van der Waals surface area (Å²) in [4.78, 5) is 25.0. The second-order valence-electron chi connectivity index (χ2n) is 7.14. The summed E-state index contributed by atoms with van der Waals surface area (Å²) in [6.07, 6.45) is 1.40. The Morgan fingerprint density at radius 2 is 1.93 bits per heavy atom.